The monoisotopic (exact) mass is 317 g/mol. The molecule has 0 amide bonds. The number of nitrogens with zero attached hydrogens (tertiary/aromatic N) is 1. The number of ether oxygens (including phenoxy) is 1. The van der Waals surface area contributed by atoms with E-state index in [1.807, 2.05) is 37.4 Å². The Bertz CT molecular complexity index is 584. The fourth-order valence-corrected chi connectivity index (χ4v) is 2.24. The van der Waals surface area contributed by atoms with Crippen LogP contribution in [0.4, 0.5) is 0 Å². The SMILES string of the molecule is CN(CCOC(=O)Cc1ccc(Cl)cc1)Cc1ccccc1. The van der Waals surface area contributed by atoms with Gasteiger partial charge in [-0.1, -0.05) is 54.1 Å². The van der Waals surface area contributed by atoms with E-state index in [2.05, 4.69) is 17.0 Å². The molecule has 0 atom stereocenters. The molecule has 0 N–H and O–H groups in total. The third-order valence-electron chi connectivity index (χ3n) is 3.29. The number of rotatable bonds is 7. The second kappa shape index (κ2) is 8.57. The summed E-state index contributed by atoms with van der Waals surface area (Å²) >= 11 is 5.81. The van der Waals surface area contributed by atoms with Crippen LogP contribution in [0.25, 0.3) is 0 Å². The fourth-order valence-electron chi connectivity index (χ4n) is 2.11. The maximum absolute atomic E-state index is 11.8. The number of benzene rings is 2. The third kappa shape index (κ3) is 5.88. The van der Waals surface area contributed by atoms with Gasteiger partial charge in [-0.15, -0.1) is 0 Å². The van der Waals surface area contributed by atoms with E-state index in [4.69, 9.17) is 16.3 Å². The lowest BCUT2D eigenvalue weighted by molar-refractivity contribution is -0.143. The maximum Gasteiger partial charge on any atom is 0.310 e. The van der Waals surface area contributed by atoms with Gasteiger partial charge in [-0.25, -0.2) is 0 Å². The molecule has 2 aromatic rings. The van der Waals surface area contributed by atoms with Crippen LogP contribution in [0.5, 0.6) is 0 Å². The molecule has 0 unspecified atom stereocenters. The molecule has 0 aliphatic carbocycles. The number of hydrogen-bond donors (Lipinski definition) is 0. The number of halogens is 1. The van der Waals surface area contributed by atoms with Gasteiger partial charge in [0.2, 0.25) is 0 Å². The summed E-state index contributed by atoms with van der Waals surface area (Å²) in [7, 11) is 2.01. The minimum Gasteiger partial charge on any atom is -0.464 e. The normalized spacial score (nSPS) is 10.7. The molecule has 4 heteroatoms. The first-order valence-corrected chi connectivity index (χ1v) is 7.64. The Hall–Kier alpha value is -1.84. The molecule has 116 valence electrons. The molecule has 0 aliphatic heterocycles. The van der Waals surface area contributed by atoms with Crippen molar-refractivity contribution in [2.24, 2.45) is 0 Å². The highest BCUT2D eigenvalue weighted by atomic mass is 35.5. The summed E-state index contributed by atoms with van der Waals surface area (Å²) in [5.41, 5.74) is 2.16. The number of esters is 1. The molecule has 3 nitrogen and oxygen atoms in total. The maximum atomic E-state index is 11.8. The lowest BCUT2D eigenvalue weighted by Crippen LogP contribution is -2.24. The zero-order valence-electron chi connectivity index (χ0n) is 12.7. The number of likely N-dealkylation sites (N-methyl/N-ethyl adjacent to an activating group) is 1. The Balaban J connectivity index is 1.67. The van der Waals surface area contributed by atoms with E-state index in [1.54, 1.807) is 12.1 Å². The molecule has 2 rings (SSSR count). The lowest BCUT2D eigenvalue weighted by Gasteiger charge is -2.16. The standard InChI is InChI=1S/C18H20ClNO2/c1-20(14-16-5-3-2-4-6-16)11-12-22-18(21)13-15-7-9-17(19)10-8-15/h2-10H,11-14H2,1H3. The molecule has 0 saturated heterocycles. The van der Waals surface area contributed by atoms with Crippen molar-refractivity contribution in [1.29, 1.82) is 0 Å². The van der Waals surface area contributed by atoms with E-state index in [-0.39, 0.29) is 12.4 Å². The van der Waals surface area contributed by atoms with Crippen molar-refractivity contribution in [2.45, 2.75) is 13.0 Å². The van der Waals surface area contributed by atoms with E-state index < -0.39 is 0 Å². The number of hydrogen-bond acceptors (Lipinski definition) is 3. The van der Waals surface area contributed by atoms with Gasteiger partial charge >= 0.3 is 5.97 Å². The van der Waals surface area contributed by atoms with Gasteiger partial charge in [-0.3, -0.25) is 9.69 Å². The summed E-state index contributed by atoms with van der Waals surface area (Å²) in [6, 6.07) is 17.4. The van der Waals surface area contributed by atoms with Crippen LogP contribution < -0.4 is 0 Å². The number of carbonyl (C=O) groups is 1. The first-order chi connectivity index (χ1) is 10.6. The van der Waals surface area contributed by atoms with E-state index in [0.29, 0.717) is 18.2 Å². The Kier molecular flexibility index (Phi) is 6.44. The van der Waals surface area contributed by atoms with E-state index >= 15 is 0 Å². The van der Waals surface area contributed by atoms with Crippen LogP contribution in [0.15, 0.2) is 54.6 Å². The molecule has 0 radical (unpaired) electrons. The first-order valence-electron chi connectivity index (χ1n) is 7.26. The first kappa shape index (κ1) is 16.5. The molecule has 0 saturated carbocycles. The van der Waals surface area contributed by atoms with Gasteiger partial charge in [0.15, 0.2) is 0 Å². The van der Waals surface area contributed by atoms with Crippen LogP contribution >= 0.6 is 11.6 Å². The zero-order chi connectivity index (χ0) is 15.8. The molecule has 0 fully saturated rings. The second-order valence-electron chi connectivity index (χ2n) is 5.25. The molecular formula is C18H20ClNO2. The highest BCUT2D eigenvalue weighted by molar-refractivity contribution is 6.30. The van der Waals surface area contributed by atoms with Gasteiger partial charge in [0.05, 0.1) is 6.42 Å². The summed E-state index contributed by atoms with van der Waals surface area (Å²) < 4.78 is 5.27. The van der Waals surface area contributed by atoms with Crippen LogP contribution in [0.2, 0.25) is 5.02 Å². The molecule has 0 bridgehead atoms. The van der Waals surface area contributed by atoms with Crippen molar-refractivity contribution >= 4 is 17.6 Å². The Labute approximate surface area is 136 Å². The van der Waals surface area contributed by atoms with E-state index in [1.165, 1.54) is 5.56 Å². The quantitative estimate of drug-likeness (QED) is 0.731. The smallest absolute Gasteiger partial charge is 0.310 e. The van der Waals surface area contributed by atoms with Gasteiger partial charge < -0.3 is 4.74 Å². The van der Waals surface area contributed by atoms with Crippen LogP contribution in [0, 0.1) is 0 Å². The van der Waals surface area contributed by atoms with Crippen molar-refractivity contribution in [3.63, 3.8) is 0 Å². The molecule has 0 spiro atoms. The third-order valence-corrected chi connectivity index (χ3v) is 3.55. The van der Waals surface area contributed by atoms with Crippen LogP contribution in [0.3, 0.4) is 0 Å². The summed E-state index contributed by atoms with van der Waals surface area (Å²) in [4.78, 5) is 13.9. The van der Waals surface area contributed by atoms with Crippen LogP contribution in [0.1, 0.15) is 11.1 Å². The van der Waals surface area contributed by atoms with Gasteiger partial charge in [-0.2, -0.15) is 0 Å². The van der Waals surface area contributed by atoms with E-state index in [0.717, 1.165) is 12.1 Å². The van der Waals surface area contributed by atoms with Gasteiger partial charge in [-0.05, 0) is 30.3 Å². The second-order valence-corrected chi connectivity index (χ2v) is 5.68. The molecule has 0 aliphatic rings. The van der Waals surface area contributed by atoms with Gasteiger partial charge in [0.25, 0.3) is 0 Å². The fraction of sp³-hybridized carbons (Fsp3) is 0.278. The minimum atomic E-state index is -0.213. The lowest BCUT2D eigenvalue weighted by atomic mass is 10.1. The van der Waals surface area contributed by atoms with Crippen molar-refractivity contribution in [3.8, 4) is 0 Å². The average molecular weight is 318 g/mol. The van der Waals surface area contributed by atoms with Gasteiger partial charge in [0, 0.05) is 18.1 Å². The number of carbonyl (C=O) groups excluding carboxylic acids is 1. The predicted molar refractivity (Wildman–Crippen MR) is 88.9 cm³/mol. The molecule has 2 aromatic carbocycles. The van der Waals surface area contributed by atoms with Crippen LogP contribution in [-0.2, 0) is 22.5 Å². The summed E-state index contributed by atoms with van der Waals surface area (Å²) in [5, 5.41) is 0.666. The van der Waals surface area contributed by atoms with E-state index in [9.17, 15) is 4.79 Å². The van der Waals surface area contributed by atoms with Crippen molar-refractivity contribution in [3.05, 3.63) is 70.7 Å². The van der Waals surface area contributed by atoms with Crippen molar-refractivity contribution in [1.82, 2.24) is 4.90 Å². The van der Waals surface area contributed by atoms with Crippen molar-refractivity contribution < 1.29 is 9.53 Å². The minimum absolute atomic E-state index is 0.213. The summed E-state index contributed by atoms with van der Waals surface area (Å²) in [6.07, 6.45) is 0.277. The Morgan fingerprint density at radius 2 is 1.73 bits per heavy atom. The molecular weight excluding hydrogens is 298 g/mol. The highest BCUT2D eigenvalue weighted by Crippen LogP contribution is 2.10. The highest BCUT2D eigenvalue weighted by Gasteiger charge is 2.06. The zero-order valence-corrected chi connectivity index (χ0v) is 13.4. The molecule has 0 heterocycles. The Morgan fingerprint density at radius 3 is 2.41 bits per heavy atom. The largest absolute Gasteiger partial charge is 0.464 e. The summed E-state index contributed by atoms with van der Waals surface area (Å²) in [5.74, 6) is -0.213. The summed E-state index contributed by atoms with van der Waals surface area (Å²) in [6.45, 7) is 1.95. The molecule has 0 aromatic heterocycles. The van der Waals surface area contributed by atoms with Gasteiger partial charge in [0.1, 0.15) is 6.61 Å². The average Bonchev–Trinajstić information content (AvgIpc) is 2.50. The Morgan fingerprint density at radius 1 is 1.05 bits per heavy atom. The topological polar surface area (TPSA) is 29.5 Å². The van der Waals surface area contributed by atoms with Crippen molar-refractivity contribution in [2.75, 3.05) is 20.2 Å². The predicted octanol–water partition coefficient (Wildman–Crippen LogP) is 3.56. The molecule has 22 heavy (non-hydrogen) atoms. The van der Waals surface area contributed by atoms with Crippen LogP contribution in [-0.4, -0.2) is 31.1 Å².